The number of rotatable bonds is 8. The Balaban J connectivity index is 2.13. The van der Waals surface area contributed by atoms with Crippen LogP contribution in [0.5, 0.6) is 0 Å². The van der Waals surface area contributed by atoms with Gasteiger partial charge in [0, 0.05) is 19.1 Å². The zero-order chi connectivity index (χ0) is 11.8. The highest BCUT2D eigenvalue weighted by molar-refractivity contribution is 7.07. The molecule has 1 aromatic heterocycles. The second-order valence-electron chi connectivity index (χ2n) is 4.22. The van der Waals surface area contributed by atoms with Gasteiger partial charge in [-0.25, -0.2) is 0 Å². The Labute approximate surface area is 104 Å². The molecule has 0 amide bonds. The lowest BCUT2D eigenvalue weighted by Gasteiger charge is -2.20. The van der Waals surface area contributed by atoms with Crippen molar-refractivity contribution >= 4 is 11.3 Å². The largest absolute Gasteiger partial charge is 0.313 e. The van der Waals surface area contributed by atoms with Gasteiger partial charge in [-0.3, -0.25) is 0 Å². The third-order valence-electron chi connectivity index (χ3n) is 2.94. The van der Waals surface area contributed by atoms with Gasteiger partial charge in [0.05, 0.1) is 0 Å². The summed E-state index contributed by atoms with van der Waals surface area (Å²) in [7, 11) is 0. The molecule has 0 saturated heterocycles. The fourth-order valence-electron chi connectivity index (χ4n) is 1.84. The highest BCUT2D eigenvalue weighted by Gasteiger charge is 2.04. The van der Waals surface area contributed by atoms with E-state index in [1.165, 1.54) is 5.56 Å². The first-order valence-corrected chi connectivity index (χ1v) is 7.17. The average Bonchev–Trinajstić information content (AvgIpc) is 2.77. The molecule has 0 radical (unpaired) electrons. The zero-order valence-corrected chi connectivity index (χ0v) is 11.5. The van der Waals surface area contributed by atoms with Gasteiger partial charge < -0.3 is 10.2 Å². The first-order valence-electron chi connectivity index (χ1n) is 6.23. The van der Waals surface area contributed by atoms with Crippen molar-refractivity contribution in [2.45, 2.75) is 33.2 Å². The normalized spacial score (nSPS) is 13.2. The summed E-state index contributed by atoms with van der Waals surface area (Å²) in [5.74, 6) is 0. The Kier molecular flexibility index (Phi) is 6.69. The van der Waals surface area contributed by atoms with Crippen molar-refractivity contribution in [1.29, 1.82) is 0 Å². The predicted octanol–water partition coefficient (Wildman–Crippen LogP) is 2.61. The van der Waals surface area contributed by atoms with E-state index in [1.807, 2.05) is 0 Å². The number of nitrogens with zero attached hydrogens (tertiary/aromatic N) is 1. The molecule has 2 nitrogen and oxygen atoms in total. The van der Waals surface area contributed by atoms with Crippen LogP contribution in [0.1, 0.15) is 26.3 Å². The van der Waals surface area contributed by atoms with Crippen LogP contribution >= 0.6 is 11.3 Å². The zero-order valence-electron chi connectivity index (χ0n) is 10.7. The molecular formula is C13H24N2S. The second-order valence-corrected chi connectivity index (χ2v) is 5.00. The van der Waals surface area contributed by atoms with E-state index in [1.54, 1.807) is 11.3 Å². The standard InChI is InChI=1S/C13H24N2S/c1-4-15(5-2)8-7-14-12(3)10-13-6-9-16-11-13/h6,9,11-12,14H,4-5,7-8,10H2,1-3H3. The van der Waals surface area contributed by atoms with Crippen LogP contribution in [0.2, 0.25) is 0 Å². The lowest BCUT2D eigenvalue weighted by Crippen LogP contribution is -2.36. The van der Waals surface area contributed by atoms with Crippen LogP contribution in [0.15, 0.2) is 16.8 Å². The SMILES string of the molecule is CCN(CC)CCNC(C)Cc1ccsc1. The van der Waals surface area contributed by atoms with Gasteiger partial charge in [-0.15, -0.1) is 0 Å². The molecule has 3 heteroatoms. The second kappa shape index (κ2) is 7.82. The highest BCUT2D eigenvalue weighted by atomic mass is 32.1. The van der Waals surface area contributed by atoms with Crippen LogP contribution in [0.4, 0.5) is 0 Å². The summed E-state index contributed by atoms with van der Waals surface area (Å²) < 4.78 is 0. The Morgan fingerprint density at radius 3 is 2.69 bits per heavy atom. The number of thiophene rings is 1. The summed E-state index contributed by atoms with van der Waals surface area (Å²) in [5.41, 5.74) is 1.45. The Bertz CT molecular complexity index is 255. The van der Waals surface area contributed by atoms with E-state index in [9.17, 15) is 0 Å². The minimum atomic E-state index is 0.574. The average molecular weight is 240 g/mol. The van der Waals surface area contributed by atoms with Crippen LogP contribution < -0.4 is 5.32 Å². The van der Waals surface area contributed by atoms with Crippen molar-refractivity contribution in [3.8, 4) is 0 Å². The molecule has 0 fully saturated rings. The molecular weight excluding hydrogens is 216 g/mol. The molecule has 16 heavy (non-hydrogen) atoms. The number of nitrogens with one attached hydrogen (secondary N) is 1. The monoisotopic (exact) mass is 240 g/mol. The van der Waals surface area contributed by atoms with Gasteiger partial charge in [0.25, 0.3) is 0 Å². The fraction of sp³-hybridized carbons (Fsp3) is 0.692. The molecule has 0 aromatic carbocycles. The van der Waals surface area contributed by atoms with Crippen LogP contribution in [0, 0.1) is 0 Å². The van der Waals surface area contributed by atoms with Crippen molar-refractivity contribution in [2.24, 2.45) is 0 Å². The first-order chi connectivity index (χ1) is 7.76. The third-order valence-corrected chi connectivity index (χ3v) is 3.67. The molecule has 0 spiro atoms. The Hall–Kier alpha value is -0.380. The van der Waals surface area contributed by atoms with E-state index in [0.29, 0.717) is 6.04 Å². The highest BCUT2D eigenvalue weighted by Crippen LogP contribution is 2.08. The maximum Gasteiger partial charge on any atom is 0.0107 e. The molecule has 0 aliphatic rings. The summed E-state index contributed by atoms with van der Waals surface area (Å²) in [6.07, 6.45) is 1.14. The summed E-state index contributed by atoms with van der Waals surface area (Å²) in [6, 6.07) is 2.79. The van der Waals surface area contributed by atoms with E-state index in [0.717, 1.165) is 32.6 Å². The van der Waals surface area contributed by atoms with Gasteiger partial charge >= 0.3 is 0 Å². The lowest BCUT2D eigenvalue weighted by molar-refractivity contribution is 0.297. The molecule has 1 atom stereocenters. The molecule has 1 unspecified atom stereocenters. The van der Waals surface area contributed by atoms with E-state index in [-0.39, 0.29) is 0 Å². The Morgan fingerprint density at radius 1 is 1.38 bits per heavy atom. The van der Waals surface area contributed by atoms with Gasteiger partial charge in [-0.05, 0) is 48.8 Å². The molecule has 92 valence electrons. The summed E-state index contributed by atoms with van der Waals surface area (Å²) in [6.45, 7) is 11.2. The third kappa shape index (κ3) is 5.10. The molecule has 0 aliphatic carbocycles. The number of hydrogen-bond acceptors (Lipinski definition) is 3. The van der Waals surface area contributed by atoms with E-state index < -0.39 is 0 Å². The topological polar surface area (TPSA) is 15.3 Å². The summed E-state index contributed by atoms with van der Waals surface area (Å²) in [5, 5.41) is 7.97. The van der Waals surface area contributed by atoms with Gasteiger partial charge in [0.1, 0.15) is 0 Å². The van der Waals surface area contributed by atoms with Crippen LogP contribution in [-0.4, -0.2) is 37.1 Å². The van der Waals surface area contributed by atoms with Crippen LogP contribution in [0.3, 0.4) is 0 Å². The quantitative estimate of drug-likeness (QED) is 0.751. The summed E-state index contributed by atoms with van der Waals surface area (Å²) >= 11 is 1.78. The first kappa shape index (κ1) is 13.7. The molecule has 0 saturated carbocycles. The lowest BCUT2D eigenvalue weighted by atomic mass is 10.1. The van der Waals surface area contributed by atoms with Crippen LogP contribution in [-0.2, 0) is 6.42 Å². The minimum Gasteiger partial charge on any atom is -0.313 e. The molecule has 1 heterocycles. The molecule has 1 rings (SSSR count). The van der Waals surface area contributed by atoms with E-state index >= 15 is 0 Å². The maximum absolute atomic E-state index is 3.58. The van der Waals surface area contributed by atoms with Gasteiger partial charge in [0.15, 0.2) is 0 Å². The molecule has 1 N–H and O–H groups in total. The molecule has 0 aliphatic heterocycles. The fourth-order valence-corrected chi connectivity index (χ4v) is 2.52. The van der Waals surface area contributed by atoms with E-state index in [4.69, 9.17) is 0 Å². The van der Waals surface area contributed by atoms with Crippen LogP contribution in [0.25, 0.3) is 0 Å². The smallest absolute Gasteiger partial charge is 0.0107 e. The van der Waals surface area contributed by atoms with Crippen molar-refractivity contribution < 1.29 is 0 Å². The van der Waals surface area contributed by atoms with Gasteiger partial charge in [-0.2, -0.15) is 11.3 Å². The van der Waals surface area contributed by atoms with Crippen molar-refractivity contribution in [3.05, 3.63) is 22.4 Å². The Morgan fingerprint density at radius 2 is 2.12 bits per heavy atom. The number of hydrogen-bond donors (Lipinski definition) is 1. The minimum absolute atomic E-state index is 0.574. The van der Waals surface area contributed by atoms with Crippen molar-refractivity contribution in [3.63, 3.8) is 0 Å². The molecule has 1 aromatic rings. The molecule has 0 bridgehead atoms. The number of likely N-dealkylation sites (N-methyl/N-ethyl adjacent to an activating group) is 1. The van der Waals surface area contributed by atoms with Gasteiger partial charge in [-0.1, -0.05) is 13.8 Å². The predicted molar refractivity (Wildman–Crippen MR) is 73.3 cm³/mol. The van der Waals surface area contributed by atoms with E-state index in [2.05, 4.69) is 47.8 Å². The van der Waals surface area contributed by atoms with Crippen molar-refractivity contribution in [1.82, 2.24) is 10.2 Å². The van der Waals surface area contributed by atoms with Crippen molar-refractivity contribution in [2.75, 3.05) is 26.2 Å². The van der Waals surface area contributed by atoms with Gasteiger partial charge in [0.2, 0.25) is 0 Å². The summed E-state index contributed by atoms with van der Waals surface area (Å²) in [4.78, 5) is 2.45. The maximum atomic E-state index is 3.58.